The summed E-state index contributed by atoms with van der Waals surface area (Å²) in [7, 11) is 0. The third-order valence-corrected chi connectivity index (χ3v) is 4.61. The van der Waals surface area contributed by atoms with Gasteiger partial charge in [0.05, 0.1) is 0 Å². The van der Waals surface area contributed by atoms with Gasteiger partial charge in [-0.2, -0.15) is 0 Å². The molecule has 4 rings (SSSR count). The normalized spacial score (nSPS) is 31.9. The molecule has 4 heteroatoms. The number of anilines is 1. The molecule has 96 valence electrons. The van der Waals surface area contributed by atoms with Crippen LogP contribution in [0.5, 0.6) is 0 Å². The molecule has 2 atom stereocenters. The lowest BCUT2D eigenvalue weighted by Crippen LogP contribution is -2.30. The number of hydrogen-bond acceptors (Lipinski definition) is 4. The first kappa shape index (κ1) is 10.7. The minimum absolute atomic E-state index is 0.840. The van der Waals surface area contributed by atoms with E-state index in [2.05, 4.69) is 19.8 Å². The average molecular weight is 244 g/mol. The molecular weight excluding hydrogens is 224 g/mol. The molecule has 3 aliphatic rings. The number of rotatable bonds is 3. The molecule has 18 heavy (non-hydrogen) atoms. The molecule has 0 bridgehead atoms. The Morgan fingerprint density at radius 3 is 2.28 bits per heavy atom. The summed E-state index contributed by atoms with van der Waals surface area (Å²) in [5.74, 6) is 3.62. The summed E-state index contributed by atoms with van der Waals surface area (Å²) in [6, 6.07) is 1.89. The van der Waals surface area contributed by atoms with Crippen LogP contribution < -0.4 is 4.90 Å². The smallest absolute Gasteiger partial charge is 0.225 e. The first-order valence-corrected chi connectivity index (χ1v) is 7.13. The standard InChI is InChI=1S/C14H20N4/c1-4-15-14(16-5-1)18-9-12-7-17(6-11-2-3-11)8-13(12)10-18/h1,4-5,11-13H,2-3,6-10H2. The largest absolute Gasteiger partial charge is 0.340 e. The lowest BCUT2D eigenvalue weighted by Gasteiger charge is -2.21. The van der Waals surface area contributed by atoms with Crippen molar-refractivity contribution in [1.29, 1.82) is 0 Å². The molecule has 1 aromatic heterocycles. The Kier molecular flexibility index (Phi) is 2.50. The summed E-state index contributed by atoms with van der Waals surface area (Å²) in [5.41, 5.74) is 0. The SMILES string of the molecule is c1cnc(N2CC3CN(CC4CC4)CC3C2)nc1. The van der Waals surface area contributed by atoms with Crippen LogP contribution in [0.2, 0.25) is 0 Å². The van der Waals surface area contributed by atoms with E-state index < -0.39 is 0 Å². The van der Waals surface area contributed by atoms with Gasteiger partial charge in [0.1, 0.15) is 0 Å². The molecule has 2 saturated heterocycles. The fourth-order valence-electron chi connectivity index (χ4n) is 3.52. The second kappa shape index (κ2) is 4.19. The van der Waals surface area contributed by atoms with E-state index in [1.165, 1.54) is 32.5 Å². The molecule has 1 saturated carbocycles. The molecule has 3 fully saturated rings. The Morgan fingerprint density at radius 2 is 1.67 bits per heavy atom. The zero-order valence-electron chi connectivity index (χ0n) is 10.7. The summed E-state index contributed by atoms with van der Waals surface area (Å²) in [6.45, 7) is 6.25. The van der Waals surface area contributed by atoms with Crippen molar-refractivity contribution in [3.8, 4) is 0 Å². The Morgan fingerprint density at radius 1 is 1.00 bits per heavy atom. The van der Waals surface area contributed by atoms with Gasteiger partial charge in [0.15, 0.2) is 0 Å². The predicted molar refractivity (Wildman–Crippen MR) is 70.4 cm³/mol. The number of fused-ring (bicyclic) bond motifs is 1. The van der Waals surface area contributed by atoms with Crippen molar-refractivity contribution in [3.05, 3.63) is 18.5 Å². The molecule has 2 aliphatic heterocycles. The minimum atomic E-state index is 0.840. The Labute approximate surface area is 108 Å². The van der Waals surface area contributed by atoms with Crippen LogP contribution in [0.15, 0.2) is 18.5 Å². The van der Waals surface area contributed by atoms with Crippen LogP contribution in [0.4, 0.5) is 5.95 Å². The molecule has 0 N–H and O–H groups in total. The van der Waals surface area contributed by atoms with Crippen LogP contribution in [0.25, 0.3) is 0 Å². The maximum absolute atomic E-state index is 4.37. The van der Waals surface area contributed by atoms with Crippen LogP contribution >= 0.6 is 0 Å². The number of nitrogens with zero attached hydrogens (tertiary/aromatic N) is 4. The highest BCUT2D eigenvalue weighted by molar-refractivity contribution is 5.31. The fourth-order valence-corrected chi connectivity index (χ4v) is 3.52. The van der Waals surface area contributed by atoms with Crippen LogP contribution in [-0.4, -0.2) is 47.6 Å². The van der Waals surface area contributed by atoms with Gasteiger partial charge in [0, 0.05) is 45.1 Å². The van der Waals surface area contributed by atoms with Crippen molar-refractivity contribution >= 4 is 5.95 Å². The number of aromatic nitrogens is 2. The minimum Gasteiger partial charge on any atom is -0.340 e. The maximum Gasteiger partial charge on any atom is 0.225 e. The Hall–Kier alpha value is -1.16. The average Bonchev–Trinajstić information content (AvgIpc) is 2.98. The van der Waals surface area contributed by atoms with Crippen molar-refractivity contribution in [2.24, 2.45) is 17.8 Å². The number of likely N-dealkylation sites (tertiary alicyclic amines) is 1. The van der Waals surface area contributed by atoms with Crippen molar-refractivity contribution in [2.45, 2.75) is 12.8 Å². The van der Waals surface area contributed by atoms with E-state index in [0.29, 0.717) is 0 Å². The highest BCUT2D eigenvalue weighted by Gasteiger charge is 2.41. The Balaban J connectivity index is 1.38. The summed E-state index contributed by atoms with van der Waals surface area (Å²) in [6.07, 6.45) is 6.62. The molecule has 4 nitrogen and oxygen atoms in total. The molecular formula is C14H20N4. The van der Waals surface area contributed by atoms with Gasteiger partial charge < -0.3 is 9.80 Å². The quantitative estimate of drug-likeness (QED) is 0.801. The lowest BCUT2D eigenvalue weighted by atomic mass is 10.0. The van der Waals surface area contributed by atoms with Gasteiger partial charge in [0.25, 0.3) is 0 Å². The zero-order valence-corrected chi connectivity index (χ0v) is 10.7. The van der Waals surface area contributed by atoms with Gasteiger partial charge in [-0.05, 0) is 36.7 Å². The van der Waals surface area contributed by atoms with Crippen molar-refractivity contribution < 1.29 is 0 Å². The Bertz CT molecular complexity index is 403. The van der Waals surface area contributed by atoms with Gasteiger partial charge in [-0.1, -0.05) is 0 Å². The third-order valence-electron chi connectivity index (χ3n) is 4.61. The van der Waals surface area contributed by atoms with Crippen LogP contribution in [0.1, 0.15) is 12.8 Å². The maximum atomic E-state index is 4.37. The second-order valence-electron chi connectivity index (χ2n) is 6.14. The van der Waals surface area contributed by atoms with E-state index in [1.54, 1.807) is 0 Å². The summed E-state index contributed by atoms with van der Waals surface area (Å²) >= 11 is 0. The van der Waals surface area contributed by atoms with E-state index in [0.717, 1.165) is 36.8 Å². The van der Waals surface area contributed by atoms with Gasteiger partial charge in [-0.3, -0.25) is 0 Å². The van der Waals surface area contributed by atoms with Crippen LogP contribution in [0, 0.1) is 17.8 Å². The molecule has 0 spiro atoms. The van der Waals surface area contributed by atoms with Crippen molar-refractivity contribution in [1.82, 2.24) is 14.9 Å². The molecule has 2 unspecified atom stereocenters. The van der Waals surface area contributed by atoms with Crippen LogP contribution in [-0.2, 0) is 0 Å². The summed E-state index contributed by atoms with van der Waals surface area (Å²) < 4.78 is 0. The molecule has 0 radical (unpaired) electrons. The van der Waals surface area contributed by atoms with Crippen LogP contribution in [0.3, 0.4) is 0 Å². The summed E-state index contributed by atoms with van der Waals surface area (Å²) in [4.78, 5) is 13.8. The molecule has 3 heterocycles. The van der Waals surface area contributed by atoms with E-state index in [-0.39, 0.29) is 0 Å². The highest BCUT2D eigenvalue weighted by atomic mass is 15.3. The fraction of sp³-hybridized carbons (Fsp3) is 0.714. The first-order chi connectivity index (χ1) is 8.88. The van der Waals surface area contributed by atoms with E-state index >= 15 is 0 Å². The molecule has 1 aromatic rings. The van der Waals surface area contributed by atoms with Gasteiger partial charge >= 0.3 is 0 Å². The van der Waals surface area contributed by atoms with Crippen molar-refractivity contribution in [2.75, 3.05) is 37.6 Å². The third kappa shape index (κ3) is 1.99. The van der Waals surface area contributed by atoms with Crippen molar-refractivity contribution in [3.63, 3.8) is 0 Å². The lowest BCUT2D eigenvalue weighted by molar-refractivity contribution is 0.303. The first-order valence-electron chi connectivity index (χ1n) is 7.13. The molecule has 0 aromatic carbocycles. The molecule has 0 amide bonds. The monoisotopic (exact) mass is 244 g/mol. The van der Waals surface area contributed by atoms with E-state index in [9.17, 15) is 0 Å². The summed E-state index contributed by atoms with van der Waals surface area (Å²) in [5, 5.41) is 0. The molecule has 1 aliphatic carbocycles. The number of hydrogen-bond donors (Lipinski definition) is 0. The topological polar surface area (TPSA) is 32.3 Å². The predicted octanol–water partition coefficient (Wildman–Crippen LogP) is 1.25. The van der Waals surface area contributed by atoms with E-state index in [4.69, 9.17) is 0 Å². The van der Waals surface area contributed by atoms with E-state index in [1.807, 2.05) is 18.5 Å². The van der Waals surface area contributed by atoms with Gasteiger partial charge in [-0.25, -0.2) is 9.97 Å². The highest BCUT2D eigenvalue weighted by Crippen LogP contribution is 2.36. The van der Waals surface area contributed by atoms with Gasteiger partial charge in [-0.15, -0.1) is 0 Å². The zero-order chi connectivity index (χ0) is 11.9. The van der Waals surface area contributed by atoms with Gasteiger partial charge in [0.2, 0.25) is 5.95 Å². The second-order valence-corrected chi connectivity index (χ2v) is 6.14.